The van der Waals surface area contributed by atoms with Crippen LogP contribution in [0.4, 0.5) is 17.1 Å². The van der Waals surface area contributed by atoms with Crippen molar-refractivity contribution in [3.8, 4) is 28.7 Å². The molecule has 0 radical (unpaired) electrons. The fourth-order valence-corrected chi connectivity index (χ4v) is 9.24. The zero-order chi connectivity index (χ0) is 53.3. The molecule has 4 aromatic carbocycles. The Hall–Kier alpha value is -9.07. The summed E-state index contributed by atoms with van der Waals surface area (Å²) in [7, 11) is 4.64. The Balaban J connectivity index is 0.718. The number of hydrogen-bond donors (Lipinski definition) is 3. The van der Waals surface area contributed by atoms with Crippen LogP contribution in [0.1, 0.15) is 76.8 Å². The second-order valence-corrected chi connectivity index (χ2v) is 18.3. The number of methoxy groups -OCH3 is 3. The van der Waals surface area contributed by atoms with Crippen molar-refractivity contribution >= 4 is 82.0 Å². The van der Waals surface area contributed by atoms with Crippen LogP contribution in [-0.4, -0.2) is 135 Å². The van der Waals surface area contributed by atoms with Crippen molar-refractivity contribution in [1.29, 1.82) is 0 Å². The van der Waals surface area contributed by atoms with Gasteiger partial charge in [0.25, 0.3) is 23.6 Å². The minimum absolute atomic E-state index is 0.178. The third-order valence-corrected chi connectivity index (χ3v) is 13.3. The first-order valence-corrected chi connectivity index (χ1v) is 24.9. The number of rotatable bonds is 22. The lowest BCUT2D eigenvalue weighted by Crippen LogP contribution is -2.40. The number of nitrogens with zero attached hydrogens (tertiary/aromatic N) is 5. The molecular formula is C56H56N8O12. The van der Waals surface area contributed by atoms with E-state index in [1.54, 1.807) is 71.9 Å². The summed E-state index contributed by atoms with van der Waals surface area (Å²) in [6.45, 7) is 0.196. The summed E-state index contributed by atoms with van der Waals surface area (Å²) in [5.74, 6) is -0.0562. The monoisotopic (exact) mass is 1030 g/mol. The normalized spacial score (nSPS) is 17.0. The SMILES string of the molecule is COc1ccc(C2=CN3C(=O)c4cc(OC)c(OCCCOc5cc6c(cc5OC)C(=O)N5C=C(c7ccc(NC(=O)CNC(=O)CNC(=O)CCCCCN8C(=O)C=CC8=O)cc7)C[C@H]5C=N6)cc4N=C[C@@H]3C2)cc1. The number of benzene rings is 4. The summed E-state index contributed by atoms with van der Waals surface area (Å²) in [5.41, 5.74) is 5.95. The Kier molecular flexibility index (Phi) is 16.0. The Bertz CT molecular complexity index is 3090. The van der Waals surface area contributed by atoms with Crippen molar-refractivity contribution in [2.24, 2.45) is 9.98 Å². The number of ether oxygens (including phenoxy) is 5. The molecule has 20 nitrogen and oxygen atoms in total. The smallest absolute Gasteiger partial charge is 0.260 e. The van der Waals surface area contributed by atoms with Crippen LogP contribution in [0.2, 0.25) is 0 Å². The number of unbranched alkanes of at least 4 members (excludes halogenated alkanes) is 2. The van der Waals surface area contributed by atoms with Crippen LogP contribution in [0, 0.1) is 0 Å². The Morgan fingerprint density at radius 2 is 1.09 bits per heavy atom. The van der Waals surface area contributed by atoms with Gasteiger partial charge in [0.1, 0.15) is 5.75 Å². The van der Waals surface area contributed by atoms with Gasteiger partial charge in [0.05, 0.1) is 82.2 Å². The number of fused-ring (bicyclic) bond motifs is 4. The summed E-state index contributed by atoms with van der Waals surface area (Å²) < 4.78 is 28.9. The lowest BCUT2D eigenvalue weighted by Gasteiger charge is -2.19. The lowest BCUT2D eigenvalue weighted by molar-refractivity contribution is -0.137. The van der Waals surface area contributed by atoms with Crippen LogP contribution in [0.25, 0.3) is 11.1 Å². The highest BCUT2D eigenvalue weighted by atomic mass is 16.5. The molecule has 20 heteroatoms. The van der Waals surface area contributed by atoms with E-state index in [4.69, 9.17) is 33.7 Å². The van der Waals surface area contributed by atoms with Crippen LogP contribution < -0.4 is 39.6 Å². The van der Waals surface area contributed by atoms with E-state index in [1.807, 2.05) is 42.6 Å². The van der Waals surface area contributed by atoms with Crippen LogP contribution in [0.3, 0.4) is 0 Å². The van der Waals surface area contributed by atoms with Crippen molar-refractivity contribution in [3.63, 3.8) is 0 Å². The molecule has 2 atom stereocenters. The van der Waals surface area contributed by atoms with Gasteiger partial charge in [-0.2, -0.15) is 0 Å². The van der Waals surface area contributed by atoms with Gasteiger partial charge in [-0.3, -0.25) is 48.4 Å². The van der Waals surface area contributed by atoms with Gasteiger partial charge in [-0.25, -0.2) is 0 Å². The van der Waals surface area contributed by atoms with Crippen LogP contribution in [0.5, 0.6) is 28.7 Å². The van der Waals surface area contributed by atoms with Gasteiger partial charge in [-0.05, 0) is 71.5 Å². The molecule has 0 aliphatic carbocycles. The maximum Gasteiger partial charge on any atom is 0.260 e. The first kappa shape index (κ1) is 51.8. The standard InChI is InChI=1S/C56H56N8O12/c1-72-41-15-11-35(12-16-41)37-23-40-29-58-45-27-49(47(74-3)25-43(45)56(71)64(40)33-37)76-21-7-20-75-48-26-44-42(24-46(48)73-2)55(70)63-32-36(22-39(63)28-57-44)34-9-13-38(14-10-34)61-52(67)31-60-51(66)30-59-50(65)8-5-4-6-19-62-53(68)17-18-54(62)69/h9-18,24-29,32-33,39-40H,4-8,19-23,30-31H2,1-3H3,(H,59,65)(H,60,66)(H,61,67)/t39-,40-/m0/s1. The van der Waals surface area contributed by atoms with E-state index in [2.05, 4.69) is 16.0 Å². The van der Waals surface area contributed by atoms with Crippen molar-refractivity contribution in [2.45, 2.75) is 57.0 Å². The van der Waals surface area contributed by atoms with E-state index in [-0.39, 0.29) is 80.9 Å². The first-order chi connectivity index (χ1) is 36.9. The Morgan fingerprint density at radius 3 is 1.62 bits per heavy atom. The number of aliphatic imine (C=N–C) groups is 2. The molecule has 7 amide bonds. The molecule has 0 aromatic heterocycles. The highest BCUT2D eigenvalue weighted by molar-refractivity contribution is 6.13. The number of nitrogens with one attached hydrogen (secondary N) is 3. The third-order valence-electron chi connectivity index (χ3n) is 13.3. The number of amides is 7. The van der Waals surface area contributed by atoms with E-state index in [0.717, 1.165) is 32.9 Å². The number of carbonyl (C=O) groups excluding carboxylic acids is 7. The maximum atomic E-state index is 14.0. The molecule has 0 saturated carbocycles. The summed E-state index contributed by atoms with van der Waals surface area (Å²) >= 11 is 0. The van der Waals surface area contributed by atoms with Crippen molar-refractivity contribution in [1.82, 2.24) is 25.3 Å². The van der Waals surface area contributed by atoms with Crippen LogP contribution >= 0.6 is 0 Å². The topological polar surface area (TPSA) is 236 Å². The molecule has 0 bridgehead atoms. The predicted molar refractivity (Wildman–Crippen MR) is 281 cm³/mol. The zero-order valence-corrected chi connectivity index (χ0v) is 42.2. The molecule has 9 rings (SSSR count). The van der Waals surface area contributed by atoms with Crippen molar-refractivity contribution < 1.29 is 57.2 Å². The molecule has 5 heterocycles. The van der Waals surface area contributed by atoms with Crippen LogP contribution in [-0.2, 0) is 24.0 Å². The number of carbonyl (C=O) groups is 7. The van der Waals surface area contributed by atoms with E-state index >= 15 is 0 Å². The average molecular weight is 1030 g/mol. The molecule has 5 aliphatic heterocycles. The van der Waals surface area contributed by atoms with Gasteiger partial charge >= 0.3 is 0 Å². The van der Waals surface area contributed by atoms with Gasteiger partial charge in [0.2, 0.25) is 17.7 Å². The molecule has 5 aliphatic rings. The van der Waals surface area contributed by atoms with Crippen molar-refractivity contribution in [3.05, 3.63) is 120 Å². The summed E-state index contributed by atoms with van der Waals surface area (Å²) in [6.07, 6.45) is 13.2. The molecule has 3 N–H and O–H groups in total. The molecule has 0 unspecified atom stereocenters. The van der Waals surface area contributed by atoms with E-state index < -0.39 is 11.8 Å². The largest absolute Gasteiger partial charge is 0.497 e. The minimum Gasteiger partial charge on any atom is -0.497 e. The molecule has 76 heavy (non-hydrogen) atoms. The van der Waals surface area contributed by atoms with E-state index in [1.165, 1.54) is 26.4 Å². The van der Waals surface area contributed by atoms with Gasteiger partial charge in [0.15, 0.2) is 23.0 Å². The van der Waals surface area contributed by atoms with E-state index in [0.29, 0.717) is 89.7 Å². The molecule has 0 spiro atoms. The molecular weight excluding hydrogens is 977 g/mol. The number of imide groups is 1. The minimum atomic E-state index is -0.527. The lowest BCUT2D eigenvalue weighted by atomic mass is 10.0. The number of anilines is 1. The Labute approximate surface area is 438 Å². The zero-order valence-electron chi connectivity index (χ0n) is 42.2. The molecule has 0 saturated heterocycles. The molecule has 0 fully saturated rings. The fourth-order valence-electron chi connectivity index (χ4n) is 9.24. The first-order valence-electron chi connectivity index (χ1n) is 24.9. The maximum absolute atomic E-state index is 14.0. The van der Waals surface area contributed by atoms with Gasteiger partial charge in [-0.15, -0.1) is 0 Å². The highest BCUT2D eigenvalue weighted by Gasteiger charge is 2.35. The number of hydrogen-bond acceptors (Lipinski definition) is 14. The van der Waals surface area contributed by atoms with E-state index in [9.17, 15) is 33.6 Å². The molecule has 4 aromatic rings. The quantitative estimate of drug-likeness (QED) is 0.0593. The summed E-state index contributed by atoms with van der Waals surface area (Å²) in [6, 6.07) is 21.0. The summed E-state index contributed by atoms with van der Waals surface area (Å²) in [4.78, 5) is 102. The fraction of sp³-hybridized carbons (Fsp3) is 0.304. The van der Waals surface area contributed by atoms with Gasteiger partial charge < -0.3 is 49.4 Å². The predicted octanol–water partition coefficient (Wildman–Crippen LogP) is 6.16. The second-order valence-electron chi connectivity index (χ2n) is 18.3. The Morgan fingerprint density at radius 1 is 0.579 bits per heavy atom. The third kappa shape index (κ3) is 11.8. The van der Waals surface area contributed by atoms with Gasteiger partial charge in [0, 0.05) is 87.0 Å². The average Bonchev–Trinajstić information content (AvgIpc) is 4.13. The molecule has 392 valence electrons. The van der Waals surface area contributed by atoms with Crippen molar-refractivity contribution in [2.75, 3.05) is 59.5 Å². The second kappa shape index (κ2) is 23.4. The highest BCUT2D eigenvalue weighted by Crippen LogP contribution is 2.42. The van der Waals surface area contributed by atoms with Gasteiger partial charge in [-0.1, -0.05) is 30.7 Å². The summed E-state index contributed by atoms with van der Waals surface area (Å²) in [5, 5.41) is 7.76. The van der Waals surface area contributed by atoms with Crippen LogP contribution in [0.15, 0.2) is 107 Å².